The van der Waals surface area contributed by atoms with Gasteiger partial charge in [0.15, 0.2) is 0 Å². The van der Waals surface area contributed by atoms with Gasteiger partial charge in [0.25, 0.3) is 0 Å². The molecule has 0 saturated carbocycles. The molecule has 7 aromatic carbocycles. The minimum absolute atomic E-state index is 0.111. The average molecular weight is 512 g/mol. The first-order valence-corrected chi connectivity index (χ1v) is 13.7. The first kappa shape index (κ1) is 22.7. The summed E-state index contributed by atoms with van der Waals surface area (Å²) in [5.41, 5.74) is 7.78. The molecule has 0 fully saturated rings. The number of hydrogen-bond donors (Lipinski definition) is 0. The van der Waals surface area contributed by atoms with Crippen molar-refractivity contribution in [3.05, 3.63) is 145 Å². The monoisotopic (exact) mass is 511 g/mol. The lowest BCUT2D eigenvalue weighted by molar-refractivity contribution is -0.116. The van der Waals surface area contributed by atoms with Gasteiger partial charge in [-0.1, -0.05) is 109 Å². The number of para-hydroxylation sites is 1. The Morgan fingerprint density at radius 2 is 1.00 bits per heavy atom. The minimum atomic E-state index is 0.111. The Labute approximate surface area is 232 Å². The van der Waals surface area contributed by atoms with Crippen molar-refractivity contribution < 1.29 is 4.79 Å². The lowest BCUT2D eigenvalue weighted by Crippen LogP contribution is -2.20. The summed E-state index contributed by atoms with van der Waals surface area (Å²) >= 11 is 0. The van der Waals surface area contributed by atoms with Crippen LogP contribution < -0.4 is 4.90 Å². The summed E-state index contributed by atoms with van der Waals surface area (Å²) in [4.78, 5) is 15.0. The van der Waals surface area contributed by atoms with E-state index in [4.69, 9.17) is 0 Å². The van der Waals surface area contributed by atoms with E-state index in [0.717, 1.165) is 22.5 Å². The van der Waals surface area contributed by atoms with Crippen LogP contribution in [0.2, 0.25) is 0 Å². The van der Waals surface area contributed by atoms with Gasteiger partial charge in [-0.15, -0.1) is 0 Å². The fourth-order valence-corrected chi connectivity index (χ4v) is 6.43. The van der Waals surface area contributed by atoms with Crippen LogP contribution in [0.4, 0.5) is 11.4 Å². The molecule has 0 aliphatic carbocycles. The molecule has 40 heavy (non-hydrogen) atoms. The van der Waals surface area contributed by atoms with Gasteiger partial charge in [-0.25, -0.2) is 0 Å². The summed E-state index contributed by atoms with van der Waals surface area (Å²) in [5.74, 6) is 0.111. The molecule has 0 spiro atoms. The van der Waals surface area contributed by atoms with E-state index in [9.17, 15) is 4.79 Å². The first-order chi connectivity index (χ1) is 19.8. The van der Waals surface area contributed by atoms with Gasteiger partial charge >= 0.3 is 0 Å². The van der Waals surface area contributed by atoms with E-state index in [1.54, 1.807) is 0 Å². The molecule has 7 aromatic rings. The number of carbonyl (C=O) groups excluding carboxylic acids is 1. The Bertz CT molecular complexity index is 2050. The molecule has 0 aromatic heterocycles. The van der Waals surface area contributed by atoms with Crippen molar-refractivity contribution in [3.63, 3.8) is 0 Å². The number of rotatable bonds is 3. The summed E-state index contributed by atoms with van der Waals surface area (Å²) in [6.45, 7) is 0. The van der Waals surface area contributed by atoms with Crippen LogP contribution in [-0.2, 0) is 11.2 Å². The molecule has 0 atom stereocenters. The largest absolute Gasteiger partial charge is 0.280 e. The van der Waals surface area contributed by atoms with Crippen molar-refractivity contribution in [1.82, 2.24) is 0 Å². The summed E-state index contributed by atoms with van der Waals surface area (Å²) < 4.78 is 0. The highest BCUT2D eigenvalue weighted by Gasteiger charge is 2.29. The number of amides is 1. The number of benzene rings is 7. The van der Waals surface area contributed by atoms with Crippen molar-refractivity contribution in [2.24, 2.45) is 0 Å². The molecule has 2 heteroatoms. The standard InChI is InChI=1S/C38H25NO/c40-36-24-29-23-28(20-21-35(29)39(36)30-12-2-1-3-13-30)38-33-16-8-6-14-31(33)37(32-15-7-9-17-34(32)38)27-19-18-25-10-4-5-11-26(25)22-27/h1-23H,24H2. The number of anilines is 2. The highest BCUT2D eigenvalue weighted by molar-refractivity contribution is 6.22. The Hall–Kier alpha value is -5.21. The van der Waals surface area contributed by atoms with Crippen LogP contribution >= 0.6 is 0 Å². The second kappa shape index (κ2) is 8.93. The van der Waals surface area contributed by atoms with Crippen LogP contribution in [0.25, 0.3) is 54.6 Å². The number of hydrogen-bond acceptors (Lipinski definition) is 1. The maximum absolute atomic E-state index is 13.1. The molecule has 1 aliphatic rings. The van der Waals surface area contributed by atoms with Gasteiger partial charge in [0.2, 0.25) is 5.91 Å². The third-order valence-corrected chi connectivity index (χ3v) is 8.18. The molecular weight excluding hydrogens is 486 g/mol. The fourth-order valence-electron chi connectivity index (χ4n) is 6.43. The van der Waals surface area contributed by atoms with Crippen molar-refractivity contribution in [2.45, 2.75) is 6.42 Å². The van der Waals surface area contributed by atoms with E-state index in [2.05, 4.69) is 109 Å². The molecule has 0 radical (unpaired) electrons. The molecule has 0 saturated heterocycles. The van der Waals surface area contributed by atoms with Gasteiger partial charge < -0.3 is 0 Å². The van der Waals surface area contributed by atoms with Crippen molar-refractivity contribution in [2.75, 3.05) is 4.90 Å². The lowest BCUT2D eigenvalue weighted by atomic mass is 9.85. The highest BCUT2D eigenvalue weighted by atomic mass is 16.2. The average Bonchev–Trinajstić information content (AvgIpc) is 3.34. The number of fused-ring (bicyclic) bond motifs is 4. The van der Waals surface area contributed by atoms with Gasteiger partial charge in [0.05, 0.1) is 12.1 Å². The summed E-state index contributed by atoms with van der Waals surface area (Å²) in [6.07, 6.45) is 0.406. The van der Waals surface area contributed by atoms with E-state index >= 15 is 0 Å². The SMILES string of the molecule is O=C1Cc2cc(-c3c4ccccc4c(-c4ccc5ccccc5c4)c4ccccc34)ccc2N1c1ccccc1. The summed E-state index contributed by atoms with van der Waals surface area (Å²) in [7, 11) is 0. The maximum atomic E-state index is 13.1. The topological polar surface area (TPSA) is 20.3 Å². The second-order valence-electron chi connectivity index (χ2n) is 10.5. The molecule has 1 heterocycles. The van der Waals surface area contributed by atoms with Gasteiger partial charge in [-0.2, -0.15) is 0 Å². The molecule has 0 bridgehead atoms. The van der Waals surface area contributed by atoms with Crippen LogP contribution in [0.1, 0.15) is 5.56 Å². The number of carbonyl (C=O) groups is 1. The highest BCUT2D eigenvalue weighted by Crippen LogP contribution is 2.45. The Balaban J connectivity index is 1.37. The zero-order valence-electron chi connectivity index (χ0n) is 21.8. The third kappa shape index (κ3) is 3.47. The van der Waals surface area contributed by atoms with Crippen LogP contribution in [0, 0.1) is 0 Å². The number of nitrogens with zero attached hydrogens (tertiary/aromatic N) is 1. The van der Waals surface area contributed by atoms with E-state index in [1.807, 2.05) is 35.2 Å². The van der Waals surface area contributed by atoms with Crippen LogP contribution in [0.15, 0.2) is 140 Å². The van der Waals surface area contributed by atoms with Crippen molar-refractivity contribution >= 4 is 49.6 Å². The predicted octanol–water partition coefficient (Wildman–Crippen LogP) is 9.70. The molecular formula is C38H25NO. The van der Waals surface area contributed by atoms with Crippen LogP contribution in [-0.4, -0.2) is 5.91 Å². The van der Waals surface area contributed by atoms with Gasteiger partial charge in [0.1, 0.15) is 0 Å². The second-order valence-corrected chi connectivity index (χ2v) is 10.5. The quantitative estimate of drug-likeness (QED) is 0.216. The molecule has 188 valence electrons. The van der Waals surface area contributed by atoms with Crippen molar-refractivity contribution in [1.29, 1.82) is 0 Å². The van der Waals surface area contributed by atoms with Crippen LogP contribution in [0.5, 0.6) is 0 Å². The zero-order chi connectivity index (χ0) is 26.6. The molecule has 1 aliphatic heterocycles. The molecule has 2 nitrogen and oxygen atoms in total. The van der Waals surface area contributed by atoms with E-state index in [0.29, 0.717) is 6.42 Å². The molecule has 0 unspecified atom stereocenters. The third-order valence-electron chi connectivity index (χ3n) is 8.18. The van der Waals surface area contributed by atoms with E-state index in [-0.39, 0.29) is 5.91 Å². The Morgan fingerprint density at radius 1 is 0.475 bits per heavy atom. The predicted molar refractivity (Wildman–Crippen MR) is 167 cm³/mol. The van der Waals surface area contributed by atoms with Crippen molar-refractivity contribution in [3.8, 4) is 22.3 Å². The van der Waals surface area contributed by atoms with Gasteiger partial charge in [0, 0.05) is 5.69 Å². The smallest absolute Gasteiger partial charge is 0.236 e. The summed E-state index contributed by atoms with van der Waals surface area (Å²) in [5, 5.41) is 7.38. The Kier molecular flexibility index (Phi) is 5.08. The minimum Gasteiger partial charge on any atom is -0.280 e. The normalized spacial score (nSPS) is 12.9. The van der Waals surface area contributed by atoms with Gasteiger partial charge in [-0.3, -0.25) is 9.69 Å². The maximum Gasteiger partial charge on any atom is 0.236 e. The van der Waals surface area contributed by atoms with E-state index < -0.39 is 0 Å². The van der Waals surface area contributed by atoms with E-state index in [1.165, 1.54) is 49.0 Å². The Morgan fingerprint density at radius 3 is 1.65 bits per heavy atom. The van der Waals surface area contributed by atoms with Crippen LogP contribution in [0.3, 0.4) is 0 Å². The first-order valence-electron chi connectivity index (χ1n) is 13.7. The zero-order valence-corrected chi connectivity index (χ0v) is 21.8. The molecule has 0 N–H and O–H groups in total. The summed E-state index contributed by atoms with van der Waals surface area (Å²) in [6, 6.07) is 49.2. The lowest BCUT2D eigenvalue weighted by Gasteiger charge is -2.20. The van der Waals surface area contributed by atoms with Gasteiger partial charge in [-0.05, 0) is 90.5 Å². The molecule has 1 amide bonds. The molecule has 8 rings (SSSR count). The fraction of sp³-hybridized carbons (Fsp3) is 0.0263.